The van der Waals surface area contributed by atoms with E-state index in [0.29, 0.717) is 22.9 Å². The lowest BCUT2D eigenvalue weighted by atomic mass is 9.92. The normalized spacial score (nSPS) is 12.2. The molecule has 0 unspecified atom stereocenters. The number of rotatable bonds is 8. The minimum atomic E-state index is -4.80. The van der Waals surface area contributed by atoms with Gasteiger partial charge in [0.1, 0.15) is 5.75 Å². The molecule has 3 rings (SSSR count). The number of hydrogen-bond donors (Lipinski definition) is 1. The van der Waals surface area contributed by atoms with Crippen LogP contribution in [0.25, 0.3) is 11.1 Å². The van der Waals surface area contributed by atoms with Crippen molar-refractivity contribution in [2.75, 3.05) is 7.11 Å². The van der Waals surface area contributed by atoms with E-state index < -0.39 is 34.1 Å². The predicted octanol–water partition coefficient (Wildman–Crippen LogP) is 7.72. The van der Waals surface area contributed by atoms with Crippen molar-refractivity contribution in [1.82, 2.24) is 5.32 Å². The molecule has 1 N–H and O–H groups in total. The van der Waals surface area contributed by atoms with E-state index in [4.69, 9.17) is 4.74 Å². The van der Waals surface area contributed by atoms with Crippen LogP contribution in [0.1, 0.15) is 47.6 Å². The molecule has 0 heterocycles. The van der Waals surface area contributed by atoms with E-state index in [0.717, 1.165) is 29.8 Å². The van der Waals surface area contributed by atoms with Crippen LogP contribution in [0.15, 0.2) is 54.6 Å². The number of hydrogen-bond acceptors (Lipinski definition) is 4. The van der Waals surface area contributed by atoms with Crippen molar-refractivity contribution in [3.63, 3.8) is 0 Å². The van der Waals surface area contributed by atoms with E-state index in [-0.39, 0.29) is 30.1 Å². The van der Waals surface area contributed by atoms with E-state index in [2.05, 4.69) is 5.32 Å². The first-order chi connectivity index (χ1) is 17.2. The quantitative estimate of drug-likeness (QED) is 0.185. The number of alkyl halides is 6. The highest BCUT2D eigenvalue weighted by Gasteiger charge is 2.33. The second-order valence-corrected chi connectivity index (χ2v) is 8.73. The zero-order valence-corrected chi connectivity index (χ0v) is 20.1. The summed E-state index contributed by atoms with van der Waals surface area (Å²) in [7, 11) is 1.44. The molecule has 0 aliphatic rings. The SMILES string of the molecule is COc1ccc(C(C)C)cc1-c1ccc(C(F)(F)F)cc1CNCc1cc([N+](=O)[O-])cc(C(F)(F)F)c1. The average Bonchev–Trinajstić information content (AvgIpc) is 2.82. The second-order valence-electron chi connectivity index (χ2n) is 8.73. The Morgan fingerprint density at radius 3 is 2.11 bits per heavy atom. The third-order valence-electron chi connectivity index (χ3n) is 5.77. The van der Waals surface area contributed by atoms with Crippen LogP contribution in [0.4, 0.5) is 32.0 Å². The molecule has 198 valence electrons. The lowest BCUT2D eigenvalue weighted by Gasteiger charge is -2.18. The molecule has 0 radical (unpaired) electrons. The number of non-ortho nitro benzene ring substituents is 1. The van der Waals surface area contributed by atoms with Gasteiger partial charge < -0.3 is 10.1 Å². The molecule has 0 saturated carbocycles. The number of ether oxygens (including phenoxy) is 1. The number of nitrogens with one attached hydrogen (secondary N) is 1. The maximum Gasteiger partial charge on any atom is 0.416 e. The summed E-state index contributed by atoms with van der Waals surface area (Å²) in [5.41, 5.74) is -0.656. The zero-order chi connectivity index (χ0) is 27.5. The fourth-order valence-electron chi connectivity index (χ4n) is 3.86. The van der Waals surface area contributed by atoms with Gasteiger partial charge in [0, 0.05) is 30.8 Å². The minimum Gasteiger partial charge on any atom is -0.496 e. The molecule has 3 aromatic carbocycles. The van der Waals surface area contributed by atoms with E-state index in [1.54, 1.807) is 6.07 Å². The molecule has 37 heavy (non-hydrogen) atoms. The summed E-state index contributed by atoms with van der Waals surface area (Å²) in [6.07, 6.45) is -9.41. The van der Waals surface area contributed by atoms with Crippen LogP contribution in [-0.4, -0.2) is 12.0 Å². The number of halogens is 6. The zero-order valence-electron chi connectivity index (χ0n) is 20.1. The second kappa shape index (κ2) is 10.8. The molecule has 0 spiro atoms. The van der Waals surface area contributed by atoms with Gasteiger partial charge in [-0.1, -0.05) is 26.0 Å². The Kier molecular flexibility index (Phi) is 8.16. The highest BCUT2D eigenvalue weighted by atomic mass is 19.4. The number of methoxy groups -OCH3 is 1. The molecule has 0 atom stereocenters. The van der Waals surface area contributed by atoms with Gasteiger partial charge in [-0.25, -0.2) is 0 Å². The first-order valence-corrected chi connectivity index (χ1v) is 11.2. The molecule has 5 nitrogen and oxygen atoms in total. The first kappa shape index (κ1) is 28.0. The van der Waals surface area contributed by atoms with Crippen molar-refractivity contribution in [2.24, 2.45) is 0 Å². The molecular formula is C26H24F6N2O3. The summed E-state index contributed by atoms with van der Waals surface area (Å²) in [5.74, 6) is 0.580. The van der Waals surface area contributed by atoms with Gasteiger partial charge in [-0.3, -0.25) is 10.1 Å². The van der Waals surface area contributed by atoms with Crippen molar-refractivity contribution in [2.45, 2.75) is 45.2 Å². The Morgan fingerprint density at radius 2 is 1.54 bits per heavy atom. The Labute approximate surface area is 209 Å². The lowest BCUT2D eigenvalue weighted by molar-refractivity contribution is -0.385. The summed E-state index contributed by atoms with van der Waals surface area (Å²) in [4.78, 5) is 10.2. The van der Waals surface area contributed by atoms with Gasteiger partial charge >= 0.3 is 12.4 Å². The van der Waals surface area contributed by atoms with Crippen LogP contribution in [-0.2, 0) is 25.4 Å². The van der Waals surface area contributed by atoms with Crippen molar-refractivity contribution in [3.8, 4) is 16.9 Å². The van der Waals surface area contributed by atoms with E-state index >= 15 is 0 Å². The molecule has 0 bridgehead atoms. The maximum atomic E-state index is 13.5. The highest BCUT2D eigenvalue weighted by molar-refractivity contribution is 5.74. The molecular weight excluding hydrogens is 502 g/mol. The molecule has 0 aliphatic heterocycles. The van der Waals surface area contributed by atoms with Crippen LogP contribution in [0, 0.1) is 10.1 Å². The number of benzene rings is 3. The third-order valence-corrected chi connectivity index (χ3v) is 5.77. The van der Waals surface area contributed by atoms with Crippen LogP contribution in [0.3, 0.4) is 0 Å². The third kappa shape index (κ3) is 6.79. The van der Waals surface area contributed by atoms with Gasteiger partial charge in [0.25, 0.3) is 5.69 Å². The van der Waals surface area contributed by atoms with E-state index in [1.165, 1.54) is 13.2 Å². The Morgan fingerprint density at radius 1 is 0.865 bits per heavy atom. The van der Waals surface area contributed by atoms with Crippen molar-refractivity contribution < 1.29 is 36.0 Å². The first-order valence-electron chi connectivity index (χ1n) is 11.2. The highest BCUT2D eigenvalue weighted by Crippen LogP contribution is 2.38. The van der Waals surface area contributed by atoms with Crippen LogP contribution >= 0.6 is 0 Å². The lowest BCUT2D eigenvalue weighted by Crippen LogP contribution is -2.16. The van der Waals surface area contributed by atoms with Crippen molar-refractivity contribution in [3.05, 3.63) is 92.5 Å². The largest absolute Gasteiger partial charge is 0.496 e. The van der Waals surface area contributed by atoms with E-state index in [9.17, 15) is 36.5 Å². The summed E-state index contributed by atoms with van der Waals surface area (Å²) in [5, 5.41) is 13.9. The molecule has 3 aromatic rings. The number of nitrogens with zero attached hydrogens (tertiary/aromatic N) is 1. The smallest absolute Gasteiger partial charge is 0.416 e. The average molecular weight is 526 g/mol. The molecule has 0 aliphatic carbocycles. The fourth-order valence-corrected chi connectivity index (χ4v) is 3.86. The van der Waals surface area contributed by atoms with Gasteiger partial charge in [0.15, 0.2) is 0 Å². The maximum absolute atomic E-state index is 13.5. The molecule has 0 fully saturated rings. The Hall–Kier alpha value is -3.60. The summed E-state index contributed by atoms with van der Waals surface area (Å²) in [6, 6.07) is 10.9. The molecule has 0 amide bonds. The standard InChI is InChI=1S/C26H24F6N2O3/c1-15(2)17-4-7-24(37-3)23(11-17)22-6-5-19(25(27,28)29)10-18(22)14-33-13-16-8-20(26(30,31)32)12-21(9-16)34(35)36/h4-12,15,33H,13-14H2,1-3H3. The summed E-state index contributed by atoms with van der Waals surface area (Å²) in [6.45, 7) is 3.53. The topological polar surface area (TPSA) is 64.4 Å². The molecule has 0 saturated heterocycles. The Bertz CT molecular complexity index is 1290. The fraction of sp³-hybridized carbons (Fsp3) is 0.308. The predicted molar refractivity (Wildman–Crippen MR) is 126 cm³/mol. The van der Waals surface area contributed by atoms with Gasteiger partial charge in [-0.05, 0) is 58.5 Å². The number of nitro benzene ring substituents is 1. The van der Waals surface area contributed by atoms with Crippen molar-refractivity contribution in [1.29, 1.82) is 0 Å². The molecule has 0 aromatic heterocycles. The minimum absolute atomic E-state index is 0.0329. The van der Waals surface area contributed by atoms with Crippen LogP contribution in [0.2, 0.25) is 0 Å². The Balaban J connectivity index is 2.00. The van der Waals surface area contributed by atoms with Crippen LogP contribution < -0.4 is 10.1 Å². The number of nitro groups is 1. The van der Waals surface area contributed by atoms with Gasteiger partial charge in [-0.2, -0.15) is 26.3 Å². The molecule has 11 heteroatoms. The summed E-state index contributed by atoms with van der Waals surface area (Å²) >= 11 is 0. The van der Waals surface area contributed by atoms with E-state index in [1.807, 2.05) is 26.0 Å². The summed E-state index contributed by atoms with van der Waals surface area (Å²) < 4.78 is 85.4. The van der Waals surface area contributed by atoms with Crippen LogP contribution in [0.5, 0.6) is 5.75 Å². The van der Waals surface area contributed by atoms with Gasteiger partial charge in [0.2, 0.25) is 0 Å². The van der Waals surface area contributed by atoms with Gasteiger partial charge in [-0.15, -0.1) is 0 Å². The van der Waals surface area contributed by atoms with Crippen molar-refractivity contribution >= 4 is 5.69 Å². The monoisotopic (exact) mass is 526 g/mol. The van der Waals surface area contributed by atoms with Gasteiger partial charge in [0.05, 0.1) is 23.2 Å².